The Morgan fingerprint density at radius 3 is 2.62 bits per heavy atom. The largest absolute Gasteiger partial charge is 0.325 e. The molecule has 29 heavy (non-hydrogen) atoms. The molecule has 0 unspecified atom stereocenters. The molecule has 2 aromatic carbocycles. The molecule has 148 valence electrons. The molecule has 0 atom stereocenters. The summed E-state index contributed by atoms with van der Waals surface area (Å²) in [6, 6.07) is 16.4. The van der Waals surface area contributed by atoms with Crippen LogP contribution in [0.5, 0.6) is 0 Å². The number of carbonyl (C=O) groups is 1. The molecule has 6 heteroatoms. The lowest BCUT2D eigenvalue weighted by Gasteiger charge is -2.31. The number of likely N-dealkylation sites (N-methyl/N-ethyl adjacent to an activating group) is 1. The molecule has 3 aromatic rings. The highest BCUT2D eigenvalue weighted by Gasteiger charge is 2.24. The Hall–Kier alpha value is -2.96. The van der Waals surface area contributed by atoms with Gasteiger partial charge in [-0.15, -0.1) is 0 Å². The van der Waals surface area contributed by atoms with Gasteiger partial charge in [0.25, 0.3) is 0 Å². The van der Waals surface area contributed by atoms with Crippen LogP contribution in [-0.2, 0) is 11.2 Å². The van der Waals surface area contributed by atoms with Crippen molar-refractivity contribution in [2.24, 2.45) is 0 Å². The van der Waals surface area contributed by atoms with Gasteiger partial charge in [-0.05, 0) is 24.7 Å². The molecule has 1 saturated heterocycles. The quantitative estimate of drug-likeness (QED) is 0.565. The molecule has 1 fully saturated rings. The summed E-state index contributed by atoms with van der Waals surface area (Å²) in [7, 11) is 2.12. The summed E-state index contributed by atoms with van der Waals surface area (Å²) >= 11 is 0. The number of anilines is 1. The molecule has 0 bridgehead atoms. The van der Waals surface area contributed by atoms with Crippen molar-refractivity contribution in [1.82, 2.24) is 20.0 Å². The average Bonchev–Trinajstić information content (AvgIpc) is 3.30. The molecule has 1 amide bonds. The predicted molar refractivity (Wildman–Crippen MR) is 115 cm³/mol. The van der Waals surface area contributed by atoms with E-state index in [2.05, 4.69) is 56.6 Å². The molecule has 2 aliphatic rings. The highest BCUT2D eigenvalue weighted by atomic mass is 16.2. The normalized spacial score (nSPS) is 16.4. The minimum absolute atomic E-state index is 0.0402. The maximum atomic E-state index is 12.4. The zero-order valence-corrected chi connectivity index (χ0v) is 16.6. The van der Waals surface area contributed by atoms with Crippen molar-refractivity contribution in [3.05, 3.63) is 59.7 Å². The first kappa shape index (κ1) is 18.1. The Morgan fingerprint density at radius 1 is 1.07 bits per heavy atom. The van der Waals surface area contributed by atoms with Crippen LogP contribution >= 0.6 is 0 Å². The molecule has 5 rings (SSSR count). The summed E-state index contributed by atoms with van der Waals surface area (Å²) in [6.07, 6.45) is 0.904. The third kappa shape index (κ3) is 3.57. The molecular weight excluding hydrogens is 362 g/mol. The monoisotopic (exact) mass is 387 g/mol. The maximum absolute atomic E-state index is 12.4. The Morgan fingerprint density at radius 2 is 1.83 bits per heavy atom. The molecular formula is C23H25N5O. The van der Waals surface area contributed by atoms with Gasteiger partial charge in [0, 0.05) is 55.0 Å². The van der Waals surface area contributed by atoms with E-state index in [1.165, 1.54) is 16.7 Å². The second-order valence-corrected chi connectivity index (χ2v) is 7.96. The lowest BCUT2D eigenvalue weighted by Crippen LogP contribution is -2.47. The summed E-state index contributed by atoms with van der Waals surface area (Å²) in [6.45, 7) is 4.35. The predicted octanol–water partition coefficient (Wildman–Crippen LogP) is 2.83. The van der Waals surface area contributed by atoms with E-state index in [1.54, 1.807) is 0 Å². The number of piperazine rings is 1. The SMILES string of the molecule is CN1CCN(CC(=O)Nc2ccc(-c3n[nH]c4c3Cc3ccccc3-4)cc2)CC1. The summed E-state index contributed by atoms with van der Waals surface area (Å²) in [5.74, 6) is 0.0402. The van der Waals surface area contributed by atoms with E-state index in [1.807, 2.05) is 24.3 Å². The van der Waals surface area contributed by atoms with Gasteiger partial charge in [-0.1, -0.05) is 36.4 Å². The van der Waals surface area contributed by atoms with Crippen molar-refractivity contribution in [2.45, 2.75) is 6.42 Å². The summed E-state index contributed by atoms with van der Waals surface area (Å²) in [5, 5.41) is 10.8. The van der Waals surface area contributed by atoms with E-state index >= 15 is 0 Å². The van der Waals surface area contributed by atoms with Gasteiger partial charge in [-0.25, -0.2) is 0 Å². The van der Waals surface area contributed by atoms with Crippen molar-refractivity contribution in [2.75, 3.05) is 45.1 Å². The van der Waals surface area contributed by atoms with Gasteiger partial charge in [-0.2, -0.15) is 5.10 Å². The van der Waals surface area contributed by atoms with E-state index < -0.39 is 0 Å². The number of aromatic nitrogens is 2. The lowest BCUT2D eigenvalue weighted by atomic mass is 10.1. The second-order valence-electron chi connectivity index (χ2n) is 7.96. The van der Waals surface area contributed by atoms with Crippen LogP contribution < -0.4 is 5.32 Å². The molecule has 0 spiro atoms. The lowest BCUT2D eigenvalue weighted by molar-refractivity contribution is -0.117. The molecule has 0 radical (unpaired) electrons. The molecule has 1 aliphatic heterocycles. The number of hydrogen-bond acceptors (Lipinski definition) is 4. The van der Waals surface area contributed by atoms with Crippen LogP contribution in [0.2, 0.25) is 0 Å². The van der Waals surface area contributed by atoms with Crippen LogP contribution in [0.1, 0.15) is 11.1 Å². The van der Waals surface area contributed by atoms with Crippen molar-refractivity contribution in [3.8, 4) is 22.5 Å². The Bertz CT molecular complexity index is 1030. The molecule has 2 N–H and O–H groups in total. The van der Waals surface area contributed by atoms with Gasteiger partial charge in [0.1, 0.15) is 0 Å². The van der Waals surface area contributed by atoms with Crippen LogP contribution in [0.25, 0.3) is 22.5 Å². The fraction of sp³-hybridized carbons (Fsp3) is 0.304. The maximum Gasteiger partial charge on any atom is 0.238 e. The number of H-pyrrole nitrogens is 1. The number of nitrogens with zero attached hydrogens (tertiary/aromatic N) is 3. The van der Waals surface area contributed by atoms with Crippen LogP contribution in [0.3, 0.4) is 0 Å². The van der Waals surface area contributed by atoms with E-state index in [-0.39, 0.29) is 5.91 Å². The zero-order valence-electron chi connectivity index (χ0n) is 16.6. The van der Waals surface area contributed by atoms with Gasteiger partial charge in [-0.3, -0.25) is 14.8 Å². The van der Waals surface area contributed by atoms with Crippen LogP contribution in [0.4, 0.5) is 5.69 Å². The Labute approximate surface area is 170 Å². The second kappa shape index (κ2) is 7.46. The first-order valence-corrected chi connectivity index (χ1v) is 10.1. The van der Waals surface area contributed by atoms with Crippen molar-refractivity contribution in [1.29, 1.82) is 0 Å². The Balaban J connectivity index is 1.26. The molecule has 1 aromatic heterocycles. The topological polar surface area (TPSA) is 64.3 Å². The minimum Gasteiger partial charge on any atom is -0.325 e. The summed E-state index contributed by atoms with van der Waals surface area (Å²) in [4.78, 5) is 16.9. The molecule has 1 aliphatic carbocycles. The van der Waals surface area contributed by atoms with Crippen LogP contribution in [0, 0.1) is 0 Å². The fourth-order valence-corrected chi connectivity index (χ4v) is 4.23. The zero-order chi connectivity index (χ0) is 19.8. The van der Waals surface area contributed by atoms with Crippen molar-refractivity contribution < 1.29 is 4.79 Å². The molecule has 6 nitrogen and oxygen atoms in total. The average molecular weight is 387 g/mol. The molecule has 0 saturated carbocycles. The minimum atomic E-state index is 0.0402. The van der Waals surface area contributed by atoms with Gasteiger partial charge in [0.15, 0.2) is 0 Å². The number of amides is 1. The van der Waals surface area contributed by atoms with E-state index in [0.29, 0.717) is 6.54 Å². The number of hydrogen-bond donors (Lipinski definition) is 2. The number of carbonyl (C=O) groups excluding carboxylic acids is 1. The number of benzene rings is 2. The standard InChI is InChI=1S/C23H25N5O/c1-27-10-12-28(13-11-27)15-21(29)24-18-8-6-16(7-9-18)22-20-14-17-4-2-3-5-19(17)23(20)26-25-22/h2-9H,10-15H2,1H3,(H,24,29)(H,25,26). The van der Waals surface area contributed by atoms with Gasteiger partial charge in [0.2, 0.25) is 5.91 Å². The van der Waals surface area contributed by atoms with E-state index in [4.69, 9.17) is 0 Å². The summed E-state index contributed by atoms with van der Waals surface area (Å²) in [5.41, 5.74) is 7.83. The number of rotatable bonds is 4. The number of nitrogens with one attached hydrogen (secondary N) is 2. The van der Waals surface area contributed by atoms with Gasteiger partial charge < -0.3 is 10.2 Å². The third-order valence-corrected chi connectivity index (χ3v) is 5.93. The highest BCUT2D eigenvalue weighted by Crippen LogP contribution is 2.39. The van der Waals surface area contributed by atoms with E-state index in [9.17, 15) is 4.79 Å². The first-order valence-electron chi connectivity index (χ1n) is 10.1. The van der Waals surface area contributed by atoms with E-state index in [0.717, 1.165) is 55.2 Å². The van der Waals surface area contributed by atoms with Crippen LogP contribution in [-0.4, -0.2) is 65.7 Å². The summed E-state index contributed by atoms with van der Waals surface area (Å²) < 4.78 is 0. The van der Waals surface area contributed by atoms with Crippen LogP contribution in [0.15, 0.2) is 48.5 Å². The third-order valence-electron chi connectivity index (χ3n) is 5.93. The molecule has 2 heterocycles. The smallest absolute Gasteiger partial charge is 0.238 e. The fourth-order valence-electron chi connectivity index (χ4n) is 4.23. The van der Waals surface area contributed by atoms with Crippen molar-refractivity contribution in [3.63, 3.8) is 0 Å². The van der Waals surface area contributed by atoms with Gasteiger partial charge in [0.05, 0.1) is 17.9 Å². The van der Waals surface area contributed by atoms with Gasteiger partial charge >= 0.3 is 0 Å². The first-order chi connectivity index (χ1) is 14.2. The Kier molecular flexibility index (Phi) is 4.66. The number of aromatic amines is 1. The number of fused-ring (bicyclic) bond motifs is 3. The highest BCUT2D eigenvalue weighted by molar-refractivity contribution is 5.92. The van der Waals surface area contributed by atoms with Crippen molar-refractivity contribution >= 4 is 11.6 Å².